The maximum atomic E-state index is 10.4. The lowest BCUT2D eigenvalue weighted by Crippen LogP contribution is -2.60. The predicted octanol–water partition coefficient (Wildman–Crippen LogP) is 1.79. The number of hydrogen-bond acceptors (Lipinski definition) is 9. The van der Waals surface area contributed by atoms with Crippen molar-refractivity contribution in [1.82, 2.24) is 10.5 Å². The Bertz CT molecular complexity index is 651. The van der Waals surface area contributed by atoms with Crippen molar-refractivity contribution in [3.63, 3.8) is 0 Å². The molecule has 150 valence electrons. The van der Waals surface area contributed by atoms with Gasteiger partial charge in [0.25, 0.3) is 6.47 Å². The Balaban J connectivity index is 0.000000321. The fourth-order valence-corrected chi connectivity index (χ4v) is 3.16. The van der Waals surface area contributed by atoms with E-state index in [0.29, 0.717) is 24.7 Å². The van der Waals surface area contributed by atoms with Crippen LogP contribution in [0.4, 0.5) is 5.82 Å². The third kappa shape index (κ3) is 4.94. The van der Waals surface area contributed by atoms with Crippen molar-refractivity contribution < 1.29 is 28.6 Å². The molecule has 0 radical (unpaired) electrons. The van der Waals surface area contributed by atoms with Crippen molar-refractivity contribution in [2.75, 3.05) is 19.5 Å². The van der Waals surface area contributed by atoms with Crippen molar-refractivity contribution in [3.05, 3.63) is 23.4 Å². The number of aromatic nitrogens is 1. The van der Waals surface area contributed by atoms with Crippen LogP contribution in [0.2, 0.25) is 0 Å². The van der Waals surface area contributed by atoms with Crippen LogP contribution in [0.3, 0.4) is 0 Å². The number of anilines is 1. The number of rotatable bonds is 7. The number of nitrogens with one attached hydrogen (secondary N) is 2. The second kappa shape index (κ2) is 8.64. The van der Waals surface area contributed by atoms with Crippen molar-refractivity contribution >= 4 is 18.8 Å². The normalized spacial score (nSPS) is 22.4. The maximum Gasteiger partial charge on any atom is 0.312 e. The van der Waals surface area contributed by atoms with Gasteiger partial charge in [-0.05, 0) is 39.7 Å². The molecule has 0 atom stereocenters. The molecule has 2 aliphatic heterocycles. The summed E-state index contributed by atoms with van der Waals surface area (Å²) in [5.74, 6) is 0.783. The molecule has 1 aromatic rings. The summed E-state index contributed by atoms with van der Waals surface area (Å²) in [7, 11) is 3.14. The van der Waals surface area contributed by atoms with Gasteiger partial charge in [-0.15, -0.1) is 5.48 Å². The van der Waals surface area contributed by atoms with Gasteiger partial charge in [-0.3, -0.25) is 9.59 Å². The molecule has 0 amide bonds. The van der Waals surface area contributed by atoms with Gasteiger partial charge in [0.15, 0.2) is 0 Å². The molecular formula is C18H27N3O6. The summed E-state index contributed by atoms with van der Waals surface area (Å²) in [5, 5.41) is 3.36. The lowest BCUT2D eigenvalue weighted by Gasteiger charge is -2.52. The van der Waals surface area contributed by atoms with E-state index in [9.17, 15) is 9.59 Å². The Morgan fingerprint density at radius 3 is 2.37 bits per heavy atom. The fraction of sp³-hybridized carbons (Fsp3) is 0.611. The first-order chi connectivity index (χ1) is 12.8. The number of nitrogens with zero attached hydrogens (tertiary/aromatic N) is 1. The minimum atomic E-state index is -0.490. The van der Waals surface area contributed by atoms with Gasteiger partial charge in [-0.2, -0.15) is 0 Å². The molecule has 0 aromatic carbocycles. The highest BCUT2D eigenvalue weighted by Crippen LogP contribution is 2.49. The number of methoxy groups -OCH3 is 2. The first kappa shape index (κ1) is 21.1. The lowest BCUT2D eigenvalue weighted by molar-refractivity contribution is -0.145. The summed E-state index contributed by atoms with van der Waals surface area (Å²) < 4.78 is 15.0. The van der Waals surface area contributed by atoms with E-state index in [1.165, 1.54) is 0 Å². The quantitative estimate of drug-likeness (QED) is 0.415. The van der Waals surface area contributed by atoms with Crippen molar-refractivity contribution in [1.29, 1.82) is 0 Å². The second-order valence-corrected chi connectivity index (χ2v) is 7.41. The second-order valence-electron chi connectivity index (χ2n) is 7.41. The molecule has 27 heavy (non-hydrogen) atoms. The zero-order chi connectivity index (χ0) is 20.1. The molecule has 1 saturated carbocycles. The third-order valence-electron chi connectivity index (χ3n) is 4.34. The molecule has 2 N–H and O–H groups in total. The Hall–Kier alpha value is -2.23. The molecule has 4 rings (SSSR count). The summed E-state index contributed by atoms with van der Waals surface area (Å²) in [6.07, 6.45) is 1.25. The van der Waals surface area contributed by atoms with Crippen molar-refractivity contribution in [2.45, 2.75) is 57.1 Å². The number of ether oxygens (including phenoxy) is 3. The van der Waals surface area contributed by atoms with E-state index < -0.39 is 6.29 Å². The van der Waals surface area contributed by atoms with Crippen LogP contribution in [0.25, 0.3) is 0 Å². The van der Waals surface area contributed by atoms with Gasteiger partial charge in [0.05, 0.1) is 11.2 Å². The van der Waals surface area contributed by atoms with E-state index in [-0.39, 0.29) is 11.1 Å². The highest BCUT2D eigenvalue weighted by molar-refractivity contribution is 5.56. The Kier molecular flexibility index (Phi) is 6.74. The zero-order valence-electron chi connectivity index (χ0n) is 16.3. The van der Waals surface area contributed by atoms with Gasteiger partial charge in [-0.25, -0.2) is 4.98 Å². The minimum Gasteiger partial charge on any atom is -0.462 e. The first-order valence-electron chi connectivity index (χ1n) is 8.60. The highest BCUT2D eigenvalue weighted by atomic mass is 16.7. The van der Waals surface area contributed by atoms with Crippen LogP contribution < -0.4 is 10.8 Å². The SMILES string of the molecule is CC(C)(C)OC=O.COC(OC)c1ccc2c(n1)NC1CC2(NOC=O)C1. The molecular weight excluding hydrogens is 354 g/mol. The van der Waals surface area contributed by atoms with E-state index in [2.05, 4.69) is 20.5 Å². The van der Waals surface area contributed by atoms with Crippen molar-refractivity contribution in [3.8, 4) is 0 Å². The van der Waals surface area contributed by atoms with Gasteiger partial charge in [0.2, 0.25) is 6.29 Å². The average Bonchev–Trinajstić information content (AvgIpc) is 2.59. The smallest absolute Gasteiger partial charge is 0.312 e. The molecule has 0 unspecified atom stereocenters. The summed E-state index contributed by atoms with van der Waals surface area (Å²) in [6.45, 7) is 6.32. The van der Waals surface area contributed by atoms with E-state index in [0.717, 1.165) is 24.2 Å². The van der Waals surface area contributed by atoms with E-state index >= 15 is 0 Å². The van der Waals surface area contributed by atoms with Crippen LogP contribution in [-0.4, -0.2) is 43.8 Å². The molecule has 0 spiro atoms. The lowest BCUT2D eigenvalue weighted by atomic mass is 9.66. The molecule has 0 saturated heterocycles. The molecule has 3 aliphatic rings. The molecule has 1 aliphatic carbocycles. The molecule has 2 bridgehead atoms. The maximum absolute atomic E-state index is 10.4. The topological polar surface area (TPSA) is 108 Å². The van der Waals surface area contributed by atoms with Crippen molar-refractivity contribution in [2.24, 2.45) is 0 Å². The molecule has 1 aromatic heterocycles. The Morgan fingerprint density at radius 2 is 1.89 bits per heavy atom. The number of carbonyl (C=O) groups excluding carboxylic acids is 2. The highest BCUT2D eigenvalue weighted by Gasteiger charge is 2.52. The summed E-state index contributed by atoms with van der Waals surface area (Å²) in [5.41, 5.74) is 3.89. The van der Waals surface area contributed by atoms with Crippen LogP contribution in [0.1, 0.15) is 51.2 Å². The largest absolute Gasteiger partial charge is 0.462 e. The van der Waals surface area contributed by atoms with Gasteiger partial charge in [0, 0.05) is 25.8 Å². The molecule has 1 fully saturated rings. The Labute approximate surface area is 158 Å². The third-order valence-corrected chi connectivity index (χ3v) is 4.34. The van der Waals surface area contributed by atoms with Gasteiger partial charge in [-0.1, -0.05) is 6.07 Å². The fourth-order valence-electron chi connectivity index (χ4n) is 3.16. The predicted molar refractivity (Wildman–Crippen MR) is 96.5 cm³/mol. The summed E-state index contributed by atoms with van der Waals surface area (Å²) >= 11 is 0. The monoisotopic (exact) mass is 381 g/mol. The van der Waals surface area contributed by atoms with Crippen LogP contribution in [0.5, 0.6) is 0 Å². The van der Waals surface area contributed by atoms with E-state index in [4.69, 9.17) is 14.3 Å². The van der Waals surface area contributed by atoms with Gasteiger partial charge in [0.1, 0.15) is 11.4 Å². The van der Waals surface area contributed by atoms with Crippen LogP contribution in [-0.2, 0) is 34.2 Å². The van der Waals surface area contributed by atoms with Crippen LogP contribution >= 0.6 is 0 Å². The van der Waals surface area contributed by atoms with E-state index in [1.807, 2.05) is 32.9 Å². The summed E-state index contributed by atoms with van der Waals surface area (Å²) in [6, 6.07) is 4.17. The van der Waals surface area contributed by atoms with Crippen LogP contribution in [0.15, 0.2) is 12.1 Å². The zero-order valence-corrected chi connectivity index (χ0v) is 16.3. The van der Waals surface area contributed by atoms with E-state index in [1.54, 1.807) is 14.2 Å². The number of hydroxylamine groups is 1. The standard InChI is InChI=1S/C13H17N3O4.C5H10O2/c1-18-12(19-2)10-4-3-9-11(15-10)14-8-5-13(9,6-8)16-20-7-17;1-5(2,3)7-4-6/h3-4,7-8,12,16H,5-6H2,1-2H3,(H,14,15);4H,1-3H3. The number of hydrogen-bond donors (Lipinski definition) is 2. The molecule has 9 heteroatoms. The average molecular weight is 381 g/mol. The summed E-state index contributed by atoms with van der Waals surface area (Å²) in [4.78, 5) is 29.3. The van der Waals surface area contributed by atoms with Crippen LogP contribution in [0, 0.1) is 0 Å². The number of carbonyl (C=O) groups is 2. The van der Waals surface area contributed by atoms with Gasteiger partial charge >= 0.3 is 6.47 Å². The first-order valence-corrected chi connectivity index (χ1v) is 8.60. The number of pyridine rings is 1. The molecule has 9 nitrogen and oxygen atoms in total. The minimum absolute atomic E-state index is 0.318. The molecule has 3 heterocycles. The Morgan fingerprint density at radius 1 is 1.22 bits per heavy atom. The van der Waals surface area contributed by atoms with Gasteiger partial charge < -0.3 is 24.4 Å².